The Bertz CT molecular complexity index is 1980. The molecule has 5 aliphatic rings. The van der Waals surface area contributed by atoms with Gasteiger partial charge in [0.15, 0.2) is 23.0 Å². The van der Waals surface area contributed by atoms with Crippen molar-refractivity contribution in [1.82, 2.24) is 5.32 Å². The van der Waals surface area contributed by atoms with Gasteiger partial charge in [0.1, 0.15) is 6.79 Å². The Labute approximate surface area is 425 Å². The van der Waals surface area contributed by atoms with Crippen molar-refractivity contribution in [2.75, 3.05) is 64.6 Å². The quantitative estimate of drug-likeness (QED) is 0.0494. The molecule has 3 bridgehead atoms. The van der Waals surface area contributed by atoms with Crippen LogP contribution in [0, 0.1) is 58.7 Å². The van der Waals surface area contributed by atoms with Gasteiger partial charge in [0, 0.05) is 59.5 Å². The fourth-order valence-corrected chi connectivity index (χ4v) is 17.9. The van der Waals surface area contributed by atoms with Crippen molar-refractivity contribution < 1.29 is 59.8 Å². The molecule has 9 N–H and O–H groups in total. The molecule has 2 saturated carbocycles. The number of ether oxygens (including phenoxy) is 4. The number of hydrogen-bond donors (Lipinski definition) is 9. The summed E-state index contributed by atoms with van der Waals surface area (Å²) in [5.41, 5.74) is 2.19. The molecule has 69 heavy (non-hydrogen) atoms. The monoisotopic (exact) mass is 1040 g/mol. The smallest absolute Gasteiger partial charge is 0.200 e. The number of nitrogens with one attached hydrogen (secondary N) is 1. The number of rotatable bonds is 15. The summed E-state index contributed by atoms with van der Waals surface area (Å²) in [6.07, 6.45) is 4.93. The molecule has 0 saturated heterocycles. The number of aromatic hydroxyl groups is 2. The number of methoxy groups -OCH3 is 2. The minimum atomic E-state index is -1.03. The maximum absolute atomic E-state index is 11.9. The van der Waals surface area contributed by atoms with Crippen LogP contribution in [0.1, 0.15) is 99.5 Å². The maximum atomic E-state index is 11.9. The normalized spacial score (nSPS) is 33.8. The fourth-order valence-electron chi connectivity index (χ4n) is 12.3. The molecule has 2 aromatic rings. The highest BCUT2D eigenvalue weighted by atomic mass is 33.1. The zero-order valence-corrected chi connectivity index (χ0v) is 43.8. The van der Waals surface area contributed by atoms with Crippen LogP contribution in [0.15, 0.2) is 24.3 Å². The van der Waals surface area contributed by atoms with Crippen LogP contribution in [-0.2, 0) is 17.6 Å². The molecule has 14 unspecified atom stereocenters. The topological polar surface area (TPSA) is 211 Å². The van der Waals surface area contributed by atoms with Gasteiger partial charge in [-0.25, -0.2) is 0 Å². The first-order chi connectivity index (χ1) is 33.4. The number of fused-ring (bicyclic) bond motifs is 4. The summed E-state index contributed by atoms with van der Waals surface area (Å²) in [4.78, 5) is 0. The van der Waals surface area contributed by atoms with E-state index in [1.165, 1.54) is 35.8 Å². The van der Waals surface area contributed by atoms with Gasteiger partial charge in [0.05, 0.1) is 44.7 Å². The number of phenols is 2. The van der Waals surface area contributed by atoms with Gasteiger partial charge < -0.3 is 65.1 Å². The van der Waals surface area contributed by atoms with Gasteiger partial charge in [-0.3, -0.25) is 0 Å². The van der Waals surface area contributed by atoms with Crippen LogP contribution < -0.4 is 19.5 Å². The molecule has 0 amide bonds. The minimum Gasteiger partial charge on any atom is -0.504 e. The molecule has 3 heterocycles. The van der Waals surface area contributed by atoms with Crippen molar-refractivity contribution >= 4 is 43.2 Å². The second-order valence-corrected chi connectivity index (χ2v) is 25.4. The van der Waals surface area contributed by atoms with E-state index in [4.69, 9.17) is 18.9 Å². The summed E-state index contributed by atoms with van der Waals surface area (Å²) < 4.78 is 23.7. The van der Waals surface area contributed by atoms with Crippen molar-refractivity contribution in [3.8, 4) is 40.6 Å². The lowest BCUT2D eigenvalue weighted by atomic mass is 9.49. The average molecular weight is 1040 g/mol. The highest BCUT2D eigenvalue weighted by Gasteiger charge is 2.55. The average Bonchev–Trinajstić information content (AvgIpc) is 3.40. The van der Waals surface area contributed by atoms with Crippen LogP contribution in [0.25, 0.3) is 0 Å². The molecule has 2 aliphatic carbocycles. The summed E-state index contributed by atoms with van der Waals surface area (Å²) in [6, 6.07) is 7.05. The van der Waals surface area contributed by atoms with E-state index >= 15 is 0 Å². The van der Waals surface area contributed by atoms with E-state index in [1.54, 1.807) is 18.2 Å². The van der Waals surface area contributed by atoms with Crippen LogP contribution >= 0.6 is 43.2 Å². The zero-order valence-electron chi connectivity index (χ0n) is 40.5. The fraction of sp³-hybridized carbons (Fsp3) is 0.731. The highest BCUT2D eigenvalue weighted by molar-refractivity contribution is 8.77. The molecule has 3 aliphatic heterocycles. The van der Waals surface area contributed by atoms with E-state index in [-0.39, 0.29) is 83.4 Å². The minimum absolute atomic E-state index is 0.0272. The van der Waals surface area contributed by atoms with Crippen LogP contribution in [0.5, 0.6) is 28.7 Å². The number of benzene rings is 2. The van der Waals surface area contributed by atoms with Crippen LogP contribution in [0.3, 0.4) is 0 Å². The van der Waals surface area contributed by atoms with Gasteiger partial charge in [0.2, 0.25) is 5.75 Å². The molecule has 2 fully saturated rings. The predicted octanol–water partition coefficient (Wildman–Crippen LogP) is 7.13. The van der Waals surface area contributed by atoms with Crippen molar-refractivity contribution in [2.24, 2.45) is 46.8 Å². The Morgan fingerprint density at radius 2 is 1.59 bits per heavy atom. The first kappa shape index (κ1) is 54.8. The van der Waals surface area contributed by atoms with Gasteiger partial charge in [-0.1, -0.05) is 61.9 Å². The highest BCUT2D eigenvalue weighted by Crippen LogP contribution is 2.59. The van der Waals surface area contributed by atoms with Crippen LogP contribution in [0.4, 0.5) is 0 Å². The van der Waals surface area contributed by atoms with E-state index in [0.29, 0.717) is 67.1 Å². The Morgan fingerprint density at radius 3 is 2.33 bits per heavy atom. The molecule has 14 atom stereocenters. The van der Waals surface area contributed by atoms with Gasteiger partial charge in [0.25, 0.3) is 0 Å². The van der Waals surface area contributed by atoms with E-state index in [2.05, 4.69) is 24.1 Å². The van der Waals surface area contributed by atoms with Gasteiger partial charge in [-0.05, 0) is 161 Å². The van der Waals surface area contributed by atoms with Gasteiger partial charge >= 0.3 is 0 Å². The van der Waals surface area contributed by atoms with Gasteiger partial charge in [-0.2, -0.15) is 0 Å². The summed E-state index contributed by atoms with van der Waals surface area (Å²) in [6.45, 7) is 3.49. The van der Waals surface area contributed by atoms with Crippen LogP contribution in [-0.4, -0.2) is 136 Å². The predicted molar refractivity (Wildman–Crippen MR) is 277 cm³/mol. The van der Waals surface area contributed by atoms with Gasteiger partial charge in [-0.15, -0.1) is 0 Å². The SMILES string of the molecule is COc1cc(CC2C(O)CSSC(CCO)c3cc(O)c(OC4CCC5CNCC6C#CC7(CC(C)CC(CSSC6)C7CCC(O)CCO)C5C4)cc3CCC(OCO)CC2O)cc(OC)c1O. The molecular formula is C52H77NO12S4. The van der Waals surface area contributed by atoms with Crippen molar-refractivity contribution in [3.05, 3.63) is 41.0 Å². The number of aliphatic hydroxyl groups is 6. The largest absolute Gasteiger partial charge is 0.504 e. The third kappa shape index (κ3) is 13.8. The Kier molecular flexibility index (Phi) is 20.9. The molecule has 386 valence electrons. The second kappa shape index (κ2) is 26.3. The molecular weight excluding hydrogens is 959 g/mol. The molecule has 13 nitrogen and oxygen atoms in total. The van der Waals surface area contributed by atoms with Crippen LogP contribution in [0.2, 0.25) is 0 Å². The van der Waals surface area contributed by atoms with E-state index in [9.17, 15) is 40.9 Å². The van der Waals surface area contributed by atoms with E-state index in [0.717, 1.165) is 74.2 Å². The molecule has 0 radical (unpaired) electrons. The van der Waals surface area contributed by atoms with E-state index in [1.807, 2.05) is 27.7 Å². The lowest BCUT2D eigenvalue weighted by Crippen LogP contribution is -2.52. The molecule has 2 aromatic carbocycles. The Morgan fingerprint density at radius 1 is 0.812 bits per heavy atom. The number of aryl methyl sites for hydroxylation is 1. The zero-order chi connectivity index (χ0) is 49.1. The third-order valence-corrected chi connectivity index (χ3v) is 21.1. The Hall–Kier alpha value is -1.92. The second-order valence-electron chi connectivity index (χ2n) is 20.3. The lowest BCUT2D eigenvalue weighted by Gasteiger charge is -2.55. The lowest BCUT2D eigenvalue weighted by molar-refractivity contribution is -0.0808. The van der Waals surface area contributed by atoms with Crippen molar-refractivity contribution in [3.63, 3.8) is 0 Å². The molecule has 1 spiro atoms. The Balaban J connectivity index is 1.17. The summed E-state index contributed by atoms with van der Waals surface area (Å²) >= 11 is 0. The molecule has 0 aromatic heterocycles. The van der Waals surface area contributed by atoms with Crippen molar-refractivity contribution in [1.29, 1.82) is 0 Å². The first-order valence-electron chi connectivity index (χ1n) is 25.1. The summed E-state index contributed by atoms with van der Waals surface area (Å²) in [5, 5.41) is 90.7. The van der Waals surface area contributed by atoms with Crippen molar-refractivity contribution in [2.45, 2.75) is 126 Å². The molecule has 7 rings (SSSR count). The number of hydrogen-bond acceptors (Lipinski definition) is 17. The third-order valence-electron chi connectivity index (χ3n) is 15.7. The number of aliphatic hydroxyl groups excluding tert-OH is 6. The summed E-state index contributed by atoms with van der Waals surface area (Å²) in [5.74, 6) is 12.4. The molecule has 17 heteroatoms. The number of phenolic OH excluding ortho intramolecular Hbond substituents is 2. The summed E-state index contributed by atoms with van der Waals surface area (Å²) in [7, 11) is 9.78. The maximum Gasteiger partial charge on any atom is 0.200 e. The standard InChI is InChI=1S/C52H77NO12S4/c1-31-16-36-28-67-66-27-32-10-13-52(24-31,42(36)9-6-37(57)11-14-54)43-21-39(8-5-35(43)26-53-25-32)65-47-20-34-4-7-38(64-30-56)22-44(58)41(17-33-18-48(62-2)51(61)49(19-33)63-3)46(60)29-68-69-50(12-15-55)40(34)23-45(47)59/h18-20,23,31-32,35-39,41-44,46,50,53-61H,4-9,11-12,14-17,21-22,24-30H2,1-3H3. The first-order valence-corrected chi connectivity index (χ1v) is 30.0. The van der Waals surface area contributed by atoms with E-state index < -0.39 is 37.1 Å².